The van der Waals surface area contributed by atoms with E-state index in [2.05, 4.69) is 17.0 Å². The maximum atomic E-state index is 13.5. The zero-order chi connectivity index (χ0) is 26.8. The molecule has 1 fully saturated rings. The van der Waals surface area contributed by atoms with Crippen LogP contribution in [0.15, 0.2) is 17.0 Å². The van der Waals surface area contributed by atoms with Crippen LogP contribution in [0, 0.1) is 13.8 Å². The molecular formula is C23H31Cl2F3N4O3S. The number of halogens is 5. The molecule has 13 heteroatoms. The van der Waals surface area contributed by atoms with Gasteiger partial charge in [0.25, 0.3) is 10.0 Å². The Kier molecular flexibility index (Phi) is 9.25. The van der Waals surface area contributed by atoms with Gasteiger partial charge < -0.3 is 9.64 Å². The van der Waals surface area contributed by atoms with Gasteiger partial charge in [-0.25, -0.2) is 8.42 Å². The van der Waals surface area contributed by atoms with Crippen molar-refractivity contribution in [1.29, 1.82) is 0 Å². The minimum Gasteiger partial charge on any atom is -0.378 e. The van der Waals surface area contributed by atoms with Crippen LogP contribution in [0.3, 0.4) is 0 Å². The second-order valence-corrected chi connectivity index (χ2v) is 11.7. The molecule has 0 amide bonds. The summed E-state index contributed by atoms with van der Waals surface area (Å²) in [6.45, 7) is 3.72. The predicted octanol–water partition coefficient (Wildman–Crippen LogP) is 5.14. The Morgan fingerprint density at radius 1 is 1.14 bits per heavy atom. The normalized spacial score (nSPS) is 16.0. The van der Waals surface area contributed by atoms with Crippen LogP contribution in [0.2, 0.25) is 10.0 Å². The third-order valence-corrected chi connectivity index (χ3v) is 8.95. The van der Waals surface area contributed by atoms with Crippen molar-refractivity contribution < 1.29 is 26.3 Å². The van der Waals surface area contributed by atoms with Crippen LogP contribution in [0.1, 0.15) is 36.2 Å². The molecule has 7 nitrogen and oxygen atoms in total. The van der Waals surface area contributed by atoms with Gasteiger partial charge in [-0.3, -0.25) is 8.99 Å². The molecule has 0 N–H and O–H groups in total. The summed E-state index contributed by atoms with van der Waals surface area (Å²) < 4.78 is 75.1. The molecule has 0 radical (unpaired) electrons. The fourth-order valence-electron chi connectivity index (χ4n) is 4.36. The van der Waals surface area contributed by atoms with E-state index < -0.39 is 27.6 Å². The van der Waals surface area contributed by atoms with E-state index in [1.807, 2.05) is 0 Å². The lowest BCUT2D eigenvalue weighted by Crippen LogP contribution is -2.40. The molecular weight excluding hydrogens is 540 g/mol. The number of sulfonamides is 1. The third-order valence-electron chi connectivity index (χ3n) is 6.28. The van der Waals surface area contributed by atoms with E-state index in [-0.39, 0.29) is 37.5 Å². The molecule has 0 atom stereocenters. The Hall–Kier alpha value is -1.53. The SMILES string of the molecule is Cc1nn(C)c(C)c1N(CC(F)(F)F)S(=O)(=O)c1c(Cl)cc(CCCOC2CCN(C)CC2)cc1Cl. The molecule has 36 heavy (non-hydrogen) atoms. The summed E-state index contributed by atoms with van der Waals surface area (Å²) in [4.78, 5) is 1.69. The number of anilines is 1. The summed E-state index contributed by atoms with van der Waals surface area (Å²) in [5.74, 6) is 0. The van der Waals surface area contributed by atoms with Crippen LogP contribution in [-0.2, 0) is 28.2 Å². The first-order valence-electron chi connectivity index (χ1n) is 11.6. The smallest absolute Gasteiger partial charge is 0.378 e. The van der Waals surface area contributed by atoms with Crippen LogP contribution in [0.25, 0.3) is 0 Å². The number of piperidine rings is 1. The summed E-state index contributed by atoms with van der Waals surface area (Å²) in [5.41, 5.74) is 0.911. The van der Waals surface area contributed by atoms with Crippen LogP contribution in [-0.4, -0.2) is 68.7 Å². The second kappa shape index (κ2) is 11.5. The number of likely N-dealkylation sites (tertiary alicyclic amines) is 1. The van der Waals surface area contributed by atoms with Crippen molar-refractivity contribution in [3.8, 4) is 0 Å². The average Bonchev–Trinajstić information content (AvgIpc) is 3.00. The molecule has 1 saturated heterocycles. The average molecular weight is 571 g/mol. The number of hydrogen-bond donors (Lipinski definition) is 0. The first-order valence-corrected chi connectivity index (χ1v) is 13.8. The second-order valence-electron chi connectivity index (χ2n) is 9.14. The van der Waals surface area contributed by atoms with E-state index in [4.69, 9.17) is 27.9 Å². The predicted molar refractivity (Wildman–Crippen MR) is 135 cm³/mol. The van der Waals surface area contributed by atoms with Crippen molar-refractivity contribution in [2.75, 3.05) is 37.6 Å². The lowest BCUT2D eigenvalue weighted by atomic mass is 10.1. The molecule has 2 aromatic rings. The van der Waals surface area contributed by atoms with E-state index in [9.17, 15) is 21.6 Å². The maximum Gasteiger partial charge on any atom is 0.407 e. The van der Waals surface area contributed by atoms with Crippen molar-refractivity contribution in [3.05, 3.63) is 39.1 Å². The molecule has 0 bridgehead atoms. The van der Waals surface area contributed by atoms with Crippen molar-refractivity contribution in [1.82, 2.24) is 14.7 Å². The molecule has 1 aromatic carbocycles. The van der Waals surface area contributed by atoms with Gasteiger partial charge in [0.1, 0.15) is 11.4 Å². The van der Waals surface area contributed by atoms with E-state index in [1.54, 1.807) is 0 Å². The summed E-state index contributed by atoms with van der Waals surface area (Å²) in [5, 5.41) is 3.60. The number of alkyl halides is 3. The van der Waals surface area contributed by atoms with Crippen molar-refractivity contribution >= 4 is 38.9 Å². The minimum atomic E-state index is -4.81. The minimum absolute atomic E-state index is 0.135. The molecule has 3 rings (SSSR count). The van der Waals surface area contributed by atoms with Gasteiger partial charge in [0, 0.05) is 26.7 Å². The molecule has 0 spiro atoms. The van der Waals surface area contributed by atoms with Crippen molar-refractivity contribution in [2.45, 2.75) is 56.7 Å². The van der Waals surface area contributed by atoms with E-state index in [1.165, 1.54) is 37.7 Å². The summed E-state index contributed by atoms with van der Waals surface area (Å²) >= 11 is 12.7. The molecule has 1 aliphatic rings. The maximum absolute atomic E-state index is 13.5. The standard InChI is InChI=1S/C23H31Cl2F3N4O3S/c1-15-21(16(2)31(4)29-15)32(14-23(26,27)28)36(33,34)22-19(24)12-17(13-20(22)25)6-5-11-35-18-7-9-30(3)10-8-18/h12-13,18H,5-11,14H2,1-4H3. The number of rotatable bonds is 9. The van der Waals surface area contributed by atoms with Crippen molar-refractivity contribution in [2.24, 2.45) is 7.05 Å². The third kappa shape index (κ3) is 6.86. The number of hydrogen-bond acceptors (Lipinski definition) is 5. The number of nitrogens with zero attached hydrogens (tertiary/aromatic N) is 4. The zero-order valence-electron chi connectivity index (χ0n) is 20.7. The molecule has 1 aliphatic heterocycles. The van der Waals surface area contributed by atoms with Crippen LogP contribution < -0.4 is 4.31 Å². The first kappa shape index (κ1) is 29.0. The van der Waals surface area contributed by atoms with E-state index >= 15 is 0 Å². The van der Waals surface area contributed by atoms with Gasteiger partial charge in [-0.1, -0.05) is 23.2 Å². The summed E-state index contributed by atoms with van der Waals surface area (Å²) in [6.07, 6.45) is -1.44. The van der Waals surface area contributed by atoms with Crippen LogP contribution in [0.4, 0.5) is 18.9 Å². The van der Waals surface area contributed by atoms with E-state index in [0.29, 0.717) is 25.0 Å². The quantitative estimate of drug-likeness (QED) is 0.390. The highest BCUT2D eigenvalue weighted by molar-refractivity contribution is 7.93. The fourth-order valence-corrected chi connectivity index (χ4v) is 7.13. The van der Waals surface area contributed by atoms with Gasteiger partial charge in [0.15, 0.2) is 0 Å². The Morgan fingerprint density at radius 3 is 2.22 bits per heavy atom. The van der Waals surface area contributed by atoms with Gasteiger partial charge in [-0.05, 0) is 64.3 Å². The van der Waals surface area contributed by atoms with Gasteiger partial charge in [0.2, 0.25) is 0 Å². The zero-order valence-corrected chi connectivity index (χ0v) is 23.0. The topological polar surface area (TPSA) is 67.7 Å². The van der Waals surface area contributed by atoms with E-state index in [0.717, 1.165) is 25.9 Å². The van der Waals surface area contributed by atoms with Gasteiger partial charge in [0.05, 0.1) is 33.2 Å². The Labute approximate surface area is 220 Å². The molecule has 0 unspecified atom stereocenters. The monoisotopic (exact) mass is 570 g/mol. The number of ether oxygens (including phenoxy) is 1. The molecule has 0 saturated carbocycles. The lowest BCUT2D eigenvalue weighted by molar-refractivity contribution is -0.117. The Bertz CT molecular complexity index is 1160. The Balaban J connectivity index is 1.81. The van der Waals surface area contributed by atoms with Gasteiger partial charge in [-0.2, -0.15) is 18.3 Å². The number of aromatic nitrogens is 2. The molecule has 2 heterocycles. The van der Waals surface area contributed by atoms with Gasteiger partial charge >= 0.3 is 6.18 Å². The van der Waals surface area contributed by atoms with Crippen LogP contribution >= 0.6 is 23.2 Å². The van der Waals surface area contributed by atoms with Crippen molar-refractivity contribution in [3.63, 3.8) is 0 Å². The first-order chi connectivity index (χ1) is 16.7. The fraction of sp³-hybridized carbons (Fsp3) is 0.609. The number of benzene rings is 1. The largest absolute Gasteiger partial charge is 0.407 e. The summed E-state index contributed by atoms with van der Waals surface area (Å²) in [6, 6.07) is 2.87. The highest BCUT2D eigenvalue weighted by Crippen LogP contribution is 2.38. The highest BCUT2D eigenvalue weighted by atomic mass is 35.5. The summed E-state index contributed by atoms with van der Waals surface area (Å²) in [7, 11) is -1.17. The van der Waals surface area contributed by atoms with Gasteiger partial charge in [-0.15, -0.1) is 0 Å². The highest BCUT2D eigenvalue weighted by Gasteiger charge is 2.41. The number of aryl methyl sites for hydroxylation is 3. The lowest BCUT2D eigenvalue weighted by Gasteiger charge is -2.28. The molecule has 1 aromatic heterocycles. The Morgan fingerprint density at radius 2 is 1.72 bits per heavy atom. The molecule has 0 aliphatic carbocycles. The van der Waals surface area contributed by atoms with Crippen LogP contribution in [0.5, 0.6) is 0 Å². The molecule has 202 valence electrons.